The lowest BCUT2D eigenvalue weighted by Crippen LogP contribution is -2.25. The molecule has 1 saturated carbocycles. The molecule has 0 radical (unpaired) electrons. The lowest BCUT2D eigenvalue weighted by atomic mass is 9.83. The minimum atomic E-state index is -0.481. The van der Waals surface area contributed by atoms with Gasteiger partial charge in [-0.3, -0.25) is 0 Å². The van der Waals surface area contributed by atoms with Gasteiger partial charge in [0.1, 0.15) is 0 Å². The highest BCUT2D eigenvalue weighted by Gasteiger charge is 2.19. The summed E-state index contributed by atoms with van der Waals surface area (Å²) in [5, 5.41) is 11.5. The number of nitrogens with zero attached hydrogens (tertiary/aromatic N) is 1. The van der Waals surface area contributed by atoms with Gasteiger partial charge in [0.05, 0.1) is 6.10 Å². The third-order valence-electron chi connectivity index (χ3n) is 5.63. The Labute approximate surface area is 162 Å². The van der Waals surface area contributed by atoms with Crippen LogP contribution in [0.4, 0.5) is 5.69 Å². The summed E-state index contributed by atoms with van der Waals surface area (Å²) < 4.78 is 0. The molecule has 26 heavy (non-hydrogen) atoms. The number of rotatable bonds is 7. The van der Waals surface area contributed by atoms with Gasteiger partial charge < -0.3 is 10.0 Å². The molecular formula is C23H30ClNO. The summed E-state index contributed by atoms with van der Waals surface area (Å²) in [6, 6.07) is 16.6. The van der Waals surface area contributed by atoms with Crippen molar-refractivity contribution in [2.24, 2.45) is 0 Å². The average Bonchev–Trinajstić information content (AvgIpc) is 2.69. The normalized spacial score (nSPS) is 16.4. The fourth-order valence-electron chi connectivity index (χ4n) is 4.05. The summed E-state index contributed by atoms with van der Waals surface area (Å²) in [6.45, 7) is 3.90. The van der Waals surface area contributed by atoms with Crippen molar-refractivity contribution in [3.63, 3.8) is 0 Å². The monoisotopic (exact) mass is 371 g/mol. The van der Waals surface area contributed by atoms with Gasteiger partial charge in [0, 0.05) is 23.8 Å². The number of aliphatic hydroxyl groups excluding tert-OH is 1. The lowest BCUT2D eigenvalue weighted by Gasteiger charge is -2.25. The maximum Gasteiger partial charge on any atom is 0.0807 e. The minimum Gasteiger partial charge on any atom is -0.388 e. The van der Waals surface area contributed by atoms with E-state index in [1.807, 2.05) is 12.1 Å². The molecule has 1 fully saturated rings. The van der Waals surface area contributed by atoms with Crippen molar-refractivity contribution >= 4 is 17.3 Å². The number of anilines is 1. The van der Waals surface area contributed by atoms with Gasteiger partial charge in [-0.2, -0.15) is 0 Å². The zero-order chi connectivity index (χ0) is 18.4. The molecule has 3 heteroatoms. The molecule has 0 aliphatic heterocycles. The third-order valence-corrected chi connectivity index (χ3v) is 5.96. The van der Waals surface area contributed by atoms with Gasteiger partial charge >= 0.3 is 0 Å². The predicted octanol–water partition coefficient (Wildman–Crippen LogP) is 6.34. The van der Waals surface area contributed by atoms with Gasteiger partial charge in [0.25, 0.3) is 0 Å². The Balaban J connectivity index is 1.62. The number of aliphatic hydroxyl groups is 1. The van der Waals surface area contributed by atoms with E-state index >= 15 is 0 Å². The van der Waals surface area contributed by atoms with E-state index in [-0.39, 0.29) is 0 Å². The van der Waals surface area contributed by atoms with Crippen molar-refractivity contribution in [1.29, 1.82) is 0 Å². The Kier molecular flexibility index (Phi) is 6.99. The molecular weight excluding hydrogens is 342 g/mol. The van der Waals surface area contributed by atoms with E-state index < -0.39 is 6.10 Å². The molecule has 1 unspecified atom stereocenters. The van der Waals surface area contributed by atoms with Gasteiger partial charge in [-0.1, -0.05) is 61.2 Å². The Bertz CT molecular complexity index is 682. The quantitative estimate of drug-likeness (QED) is 0.614. The molecule has 1 aliphatic carbocycles. The summed E-state index contributed by atoms with van der Waals surface area (Å²) in [4.78, 5) is 2.29. The second-order valence-corrected chi connectivity index (χ2v) is 7.74. The second kappa shape index (κ2) is 9.43. The largest absolute Gasteiger partial charge is 0.388 e. The summed E-state index contributed by atoms with van der Waals surface area (Å²) in [6.07, 6.45) is 6.65. The Morgan fingerprint density at radius 2 is 1.81 bits per heavy atom. The van der Waals surface area contributed by atoms with Crippen LogP contribution in [0.15, 0.2) is 48.5 Å². The van der Waals surface area contributed by atoms with Crippen molar-refractivity contribution in [3.05, 3.63) is 64.7 Å². The highest BCUT2D eigenvalue weighted by molar-refractivity contribution is 6.31. The van der Waals surface area contributed by atoms with Crippen LogP contribution in [0.1, 0.15) is 68.6 Å². The van der Waals surface area contributed by atoms with Gasteiger partial charge in [-0.05, 0) is 61.4 Å². The Morgan fingerprint density at radius 3 is 2.46 bits per heavy atom. The van der Waals surface area contributed by atoms with Gasteiger partial charge in [0.2, 0.25) is 0 Å². The molecule has 2 aromatic rings. The number of benzene rings is 2. The van der Waals surface area contributed by atoms with E-state index in [0.29, 0.717) is 12.3 Å². The molecule has 3 rings (SSSR count). The van der Waals surface area contributed by atoms with Crippen molar-refractivity contribution in [1.82, 2.24) is 0 Å². The van der Waals surface area contributed by atoms with Crippen LogP contribution in [0.25, 0.3) is 0 Å². The minimum absolute atomic E-state index is 0.481. The van der Waals surface area contributed by atoms with Crippen molar-refractivity contribution < 1.29 is 5.11 Å². The highest BCUT2D eigenvalue weighted by Crippen LogP contribution is 2.37. The molecule has 0 amide bonds. The molecule has 1 atom stereocenters. The van der Waals surface area contributed by atoms with E-state index in [9.17, 15) is 5.11 Å². The van der Waals surface area contributed by atoms with Crippen LogP contribution in [-0.4, -0.2) is 18.2 Å². The van der Waals surface area contributed by atoms with Crippen LogP contribution >= 0.6 is 11.6 Å². The zero-order valence-corrected chi connectivity index (χ0v) is 16.5. The van der Waals surface area contributed by atoms with E-state index in [1.165, 1.54) is 43.4 Å². The Hall–Kier alpha value is -1.51. The molecule has 0 spiro atoms. The van der Waals surface area contributed by atoms with E-state index in [4.69, 9.17) is 11.6 Å². The number of para-hydroxylation sites is 1. The first-order chi connectivity index (χ1) is 12.7. The average molecular weight is 372 g/mol. The third kappa shape index (κ3) is 4.81. The molecule has 0 saturated heterocycles. The van der Waals surface area contributed by atoms with Crippen LogP contribution < -0.4 is 4.90 Å². The fourth-order valence-corrected chi connectivity index (χ4v) is 4.39. The van der Waals surface area contributed by atoms with Gasteiger partial charge in [-0.25, -0.2) is 0 Å². The van der Waals surface area contributed by atoms with Gasteiger partial charge in [-0.15, -0.1) is 0 Å². The van der Waals surface area contributed by atoms with Crippen LogP contribution in [0, 0.1) is 0 Å². The number of hydrogen-bond acceptors (Lipinski definition) is 2. The first-order valence-corrected chi connectivity index (χ1v) is 10.3. The molecule has 2 aromatic carbocycles. The first kappa shape index (κ1) is 19.3. The van der Waals surface area contributed by atoms with Crippen LogP contribution in [-0.2, 0) is 0 Å². The zero-order valence-electron chi connectivity index (χ0n) is 15.7. The van der Waals surface area contributed by atoms with Gasteiger partial charge in [0.15, 0.2) is 0 Å². The summed E-state index contributed by atoms with van der Waals surface area (Å²) >= 11 is 6.57. The molecule has 1 N–H and O–H groups in total. The van der Waals surface area contributed by atoms with Crippen LogP contribution in [0.3, 0.4) is 0 Å². The standard InChI is InChI=1S/C23H30ClNO/c1-2-25(20-11-7-4-8-12-20)16-15-23(26)19-13-14-21(22(24)17-19)18-9-5-3-6-10-18/h4,7-8,11-14,17-18,23,26H,2-3,5-6,9-10,15-16H2,1H3. The molecule has 140 valence electrons. The van der Waals surface area contributed by atoms with Crippen LogP contribution in [0.5, 0.6) is 0 Å². The van der Waals surface area contributed by atoms with E-state index in [0.717, 1.165) is 23.7 Å². The number of halogens is 1. The van der Waals surface area contributed by atoms with Crippen molar-refractivity contribution in [2.75, 3.05) is 18.0 Å². The predicted molar refractivity (Wildman–Crippen MR) is 111 cm³/mol. The highest BCUT2D eigenvalue weighted by atomic mass is 35.5. The maximum absolute atomic E-state index is 10.7. The molecule has 0 heterocycles. The lowest BCUT2D eigenvalue weighted by molar-refractivity contribution is 0.169. The first-order valence-electron chi connectivity index (χ1n) is 9.96. The Morgan fingerprint density at radius 1 is 1.08 bits per heavy atom. The molecule has 0 bridgehead atoms. The molecule has 1 aliphatic rings. The molecule has 0 aromatic heterocycles. The van der Waals surface area contributed by atoms with E-state index in [1.54, 1.807) is 0 Å². The SMILES string of the molecule is CCN(CCC(O)c1ccc(C2CCCCC2)c(Cl)c1)c1ccccc1. The summed E-state index contributed by atoms with van der Waals surface area (Å²) in [7, 11) is 0. The van der Waals surface area contributed by atoms with Crippen molar-refractivity contribution in [3.8, 4) is 0 Å². The topological polar surface area (TPSA) is 23.5 Å². The second-order valence-electron chi connectivity index (χ2n) is 7.34. The summed E-state index contributed by atoms with van der Waals surface area (Å²) in [5.41, 5.74) is 3.40. The smallest absolute Gasteiger partial charge is 0.0807 e. The molecule has 2 nitrogen and oxygen atoms in total. The van der Waals surface area contributed by atoms with Crippen LogP contribution in [0.2, 0.25) is 5.02 Å². The fraction of sp³-hybridized carbons (Fsp3) is 0.478. The van der Waals surface area contributed by atoms with E-state index in [2.05, 4.69) is 48.2 Å². The number of hydrogen-bond donors (Lipinski definition) is 1. The summed E-state index contributed by atoms with van der Waals surface area (Å²) in [5.74, 6) is 0.594. The maximum atomic E-state index is 10.7. The van der Waals surface area contributed by atoms with Crippen molar-refractivity contribution in [2.45, 2.75) is 57.5 Å².